The van der Waals surface area contributed by atoms with E-state index in [-0.39, 0.29) is 53.5 Å². The van der Waals surface area contributed by atoms with Crippen molar-refractivity contribution < 1.29 is 30.9 Å². The maximum atomic E-state index is 13.9. The number of rotatable bonds is 6. The molecule has 0 spiro atoms. The lowest BCUT2D eigenvalue weighted by Gasteiger charge is -2.30. The molecule has 2 aromatic carbocycles. The number of piperidine rings is 1. The Hall–Kier alpha value is -3.44. The molecule has 35 heavy (non-hydrogen) atoms. The Bertz CT molecular complexity index is 1380. The van der Waals surface area contributed by atoms with Crippen molar-refractivity contribution in [2.45, 2.75) is 24.7 Å². The standard InChI is InChI=1S/C24H22F3N3O4S/c1-15-23(22(34-29-15)9-6-16-4-2-3-5-19(16)26)35(32,33)30-12-10-17(11-13-30)24(31)28-21-8-7-18(25)14-20(21)27/h2-9,14,17H,10-13H2,1H3,(H,28,31)/b9-6+. The van der Waals surface area contributed by atoms with Crippen LogP contribution in [0.25, 0.3) is 12.2 Å². The molecule has 0 radical (unpaired) electrons. The summed E-state index contributed by atoms with van der Waals surface area (Å²) in [6.45, 7) is 1.59. The summed E-state index contributed by atoms with van der Waals surface area (Å²) >= 11 is 0. The lowest BCUT2D eigenvalue weighted by atomic mass is 9.97. The van der Waals surface area contributed by atoms with E-state index < -0.39 is 39.3 Å². The molecule has 0 aliphatic carbocycles. The Kier molecular flexibility index (Phi) is 7.08. The highest BCUT2D eigenvalue weighted by Gasteiger charge is 2.36. The van der Waals surface area contributed by atoms with Crippen LogP contribution in [0.5, 0.6) is 0 Å². The summed E-state index contributed by atoms with van der Waals surface area (Å²) in [6.07, 6.45) is 3.17. The number of hydrogen-bond donors (Lipinski definition) is 1. The molecule has 1 fully saturated rings. The third kappa shape index (κ3) is 5.30. The van der Waals surface area contributed by atoms with Gasteiger partial charge < -0.3 is 9.84 Å². The monoisotopic (exact) mass is 505 g/mol. The number of aryl methyl sites for hydroxylation is 1. The van der Waals surface area contributed by atoms with Gasteiger partial charge in [0.15, 0.2) is 10.7 Å². The molecular formula is C24H22F3N3O4S. The van der Waals surface area contributed by atoms with E-state index in [1.54, 1.807) is 12.1 Å². The number of amides is 1. The van der Waals surface area contributed by atoms with Crippen LogP contribution in [0.4, 0.5) is 18.9 Å². The van der Waals surface area contributed by atoms with Crippen molar-refractivity contribution >= 4 is 33.8 Å². The Morgan fingerprint density at radius 1 is 1.09 bits per heavy atom. The van der Waals surface area contributed by atoms with Crippen LogP contribution in [0.1, 0.15) is 29.9 Å². The largest absolute Gasteiger partial charge is 0.355 e. The minimum Gasteiger partial charge on any atom is -0.355 e. The quantitative estimate of drug-likeness (QED) is 0.528. The number of sulfonamides is 1. The molecule has 1 saturated heterocycles. The summed E-state index contributed by atoms with van der Waals surface area (Å²) in [5.41, 5.74) is 0.275. The Balaban J connectivity index is 1.46. The van der Waals surface area contributed by atoms with Gasteiger partial charge in [0.05, 0.1) is 5.69 Å². The SMILES string of the molecule is Cc1noc(/C=C/c2ccccc2F)c1S(=O)(=O)N1CCC(C(=O)Nc2ccc(F)cc2F)CC1. The number of aromatic nitrogens is 1. The highest BCUT2D eigenvalue weighted by Crippen LogP contribution is 2.30. The average molecular weight is 506 g/mol. The number of benzene rings is 2. The van der Waals surface area contributed by atoms with E-state index in [0.29, 0.717) is 6.07 Å². The molecule has 0 atom stereocenters. The molecule has 1 N–H and O–H groups in total. The van der Waals surface area contributed by atoms with Gasteiger partial charge in [0, 0.05) is 30.6 Å². The lowest BCUT2D eigenvalue weighted by molar-refractivity contribution is -0.120. The number of nitrogens with zero attached hydrogens (tertiary/aromatic N) is 2. The first-order valence-electron chi connectivity index (χ1n) is 10.8. The first-order valence-corrected chi connectivity index (χ1v) is 12.3. The molecule has 0 unspecified atom stereocenters. The maximum Gasteiger partial charge on any atom is 0.248 e. The molecular weight excluding hydrogens is 483 g/mol. The molecule has 3 aromatic rings. The second kappa shape index (κ2) is 10.0. The lowest BCUT2D eigenvalue weighted by Crippen LogP contribution is -2.41. The average Bonchev–Trinajstić information content (AvgIpc) is 3.21. The fraction of sp³-hybridized carbons (Fsp3) is 0.250. The van der Waals surface area contributed by atoms with Crippen molar-refractivity contribution in [3.05, 3.63) is 76.9 Å². The molecule has 1 aliphatic rings. The molecule has 2 heterocycles. The van der Waals surface area contributed by atoms with Crippen LogP contribution in [-0.2, 0) is 14.8 Å². The van der Waals surface area contributed by atoms with Crippen LogP contribution in [0.2, 0.25) is 0 Å². The van der Waals surface area contributed by atoms with Crippen molar-refractivity contribution in [2.75, 3.05) is 18.4 Å². The third-order valence-corrected chi connectivity index (χ3v) is 7.82. The van der Waals surface area contributed by atoms with Crippen molar-refractivity contribution in [3.63, 3.8) is 0 Å². The zero-order chi connectivity index (χ0) is 25.2. The zero-order valence-electron chi connectivity index (χ0n) is 18.7. The van der Waals surface area contributed by atoms with Crippen LogP contribution < -0.4 is 5.32 Å². The molecule has 0 saturated carbocycles. The van der Waals surface area contributed by atoms with Gasteiger partial charge in [-0.3, -0.25) is 4.79 Å². The smallest absolute Gasteiger partial charge is 0.248 e. The second-order valence-corrected chi connectivity index (χ2v) is 9.98. The van der Waals surface area contributed by atoms with Gasteiger partial charge in [-0.25, -0.2) is 21.6 Å². The van der Waals surface area contributed by atoms with E-state index in [0.717, 1.165) is 12.1 Å². The van der Waals surface area contributed by atoms with Gasteiger partial charge in [-0.05, 0) is 50.1 Å². The number of hydrogen-bond acceptors (Lipinski definition) is 5. The summed E-state index contributed by atoms with van der Waals surface area (Å²) in [7, 11) is -4.02. The minimum atomic E-state index is -4.02. The highest BCUT2D eigenvalue weighted by atomic mass is 32.2. The third-order valence-electron chi connectivity index (χ3n) is 5.76. The number of carbonyl (C=O) groups is 1. The van der Waals surface area contributed by atoms with Gasteiger partial charge in [-0.1, -0.05) is 23.4 Å². The summed E-state index contributed by atoms with van der Waals surface area (Å²) in [6, 6.07) is 8.85. The second-order valence-electron chi connectivity index (χ2n) is 8.11. The molecule has 1 aliphatic heterocycles. The normalized spacial score (nSPS) is 15.5. The predicted molar refractivity (Wildman–Crippen MR) is 123 cm³/mol. The molecule has 11 heteroatoms. The molecule has 4 rings (SSSR count). The first kappa shape index (κ1) is 24.7. The zero-order valence-corrected chi connectivity index (χ0v) is 19.5. The fourth-order valence-electron chi connectivity index (χ4n) is 3.89. The van der Waals surface area contributed by atoms with Crippen molar-refractivity contribution in [3.8, 4) is 0 Å². The number of halogens is 3. The van der Waals surface area contributed by atoms with Gasteiger partial charge in [-0.15, -0.1) is 0 Å². The number of carbonyl (C=O) groups excluding carboxylic acids is 1. The van der Waals surface area contributed by atoms with E-state index in [1.165, 1.54) is 35.5 Å². The minimum absolute atomic E-state index is 0.0302. The molecule has 1 aromatic heterocycles. The summed E-state index contributed by atoms with van der Waals surface area (Å²) in [4.78, 5) is 12.4. The Morgan fingerprint density at radius 3 is 2.49 bits per heavy atom. The van der Waals surface area contributed by atoms with E-state index in [4.69, 9.17) is 4.52 Å². The van der Waals surface area contributed by atoms with Crippen LogP contribution in [0, 0.1) is 30.3 Å². The molecule has 1 amide bonds. The number of anilines is 1. The van der Waals surface area contributed by atoms with Crippen molar-refractivity contribution in [2.24, 2.45) is 5.92 Å². The Labute approximate surface area is 200 Å². The fourth-order valence-corrected chi connectivity index (χ4v) is 5.61. The summed E-state index contributed by atoms with van der Waals surface area (Å²) < 4.78 is 73.9. The van der Waals surface area contributed by atoms with E-state index >= 15 is 0 Å². The predicted octanol–water partition coefficient (Wildman–Crippen LogP) is 4.61. The topological polar surface area (TPSA) is 92.5 Å². The van der Waals surface area contributed by atoms with E-state index in [9.17, 15) is 26.4 Å². The Morgan fingerprint density at radius 2 is 1.80 bits per heavy atom. The highest BCUT2D eigenvalue weighted by molar-refractivity contribution is 7.89. The molecule has 7 nitrogen and oxygen atoms in total. The maximum absolute atomic E-state index is 13.9. The van der Waals surface area contributed by atoms with Crippen LogP contribution >= 0.6 is 0 Å². The van der Waals surface area contributed by atoms with Gasteiger partial charge in [0.25, 0.3) is 0 Å². The van der Waals surface area contributed by atoms with Crippen LogP contribution in [-0.4, -0.2) is 36.9 Å². The van der Waals surface area contributed by atoms with Gasteiger partial charge in [0.1, 0.15) is 23.1 Å². The van der Waals surface area contributed by atoms with Crippen LogP contribution in [0.3, 0.4) is 0 Å². The van der Waals surface area contributed by atoms with Gasteiger partial charge >= 0.3 is 0 Å². The van der Waals surface area contributed by atoms with Crippen molar-refractivity contribution in [1.29, 1.82) is 0 Å². The van der Waals surface area contributed by atoms with E-state index in [2.05, 4.69) is 10.5 Å². The molecule has 184 valence electrons. The first-order chi connectivity index (χ1) is 16.7. The van der Waals surface area contributed by atoms with E-state index in [1.807, 2.05) is 0 Å². The van der Waals surface area contributed by atoms with Gasteiger partial charge in [0.2, 0.25) is 15.9 Å². The summed E-state index contributed by atoms with van der Waals surface area (Å²) in [5, 5.41) is 6.19. The van der Waals surface area contributed by atoms with Gasteiger partial charge in [-0.2, -0.15) is 4.31 Å². The van der Waals surface area contributed by atoms with Crippen LogP contribution in [0.15, 0.2) is 51.9 Å². The van der Waals surface area contributed by atoms with Crippen molar-refractivity contribution in [1.82, 2.24) is 9.46 Å². The number of nitrogens with one attached hydrogen (secondary N) is 1. The molecule has 0 bridgehead atoms. The summed E-state index contributed by atoms with van der Waals surface area (Å²) in [5.74, 6) is -3.16.